The van der Waals surface area contributed by atoms with E-state index in [1.54, 1.807) is 0 Å². The molecule has 2 rings (SSSR count). The summed E-state index contributed by atoms with van der Waals surface area (Å²) in [5.41, 5.74) is 1.46. The van der Waals surface area contributed by atoms with Gasteiger partial charge in [0.25, 0.3) is 0 Å². The third-order valence-corrected chi connectivity index (χ3v) is 9.55. The molecular weight excluding hydrogens is 551 g/mol. The van der Waals surface area contributed by atoms with Crippen LogP contribution in [-0.4, -0.2) is 46.0 Å². The average Bonchev–Trinajstić information content (AvgIpc) is 2.77. The van der Waals surface area contributed by atoms with Crippen LogP contribution in [0.2, 0.25) is 5.32 Å². The average molecular weight is 587 g/mol. The summed E-state index contributed by atoms with van der Waals surface area (Å²) in [6, 6.07) is 20.9. The summed E-state index contributed by atoms with van der Waals surface area (Å²) in [5, 5.41) is 2.54. The molecule has 0 N–H and O–H groups in total. The number of carbonyl (C=O) groups is 1. The second kappa shape index (κ2) is 16.9. The van der Waals surface area contributed by atoms with Gasteiger partial charge in [-0.05, 0) is 0 Å². The van der Waals surface area contributed by atoms with Crippen molar-refractivity contribution in [2.24, 2.45) is 0 Å². The van der Waals surface area contributed by atoms with Crippen LogP contribution in [0.4, 0.5) is 4.79 Å². The van der Waals surface area contributed by atoms with Crippen LogP contribution in [0.25, 0.3) is 0 Å². The summed E-state index contributed by atoms with van der Waals surface area (Å²) in [7, 11) is 0. The number of hydrogen-bond acceptors (Lipinski definition) is 2. The third kappa shape index (κ3) is 12.2. The molecule has 0 spiro atoms. The van der Waals surface area contributed by atoms with Crippen molar-refractivity contribution in [1.29, 1.82) is 0 Å². The van der Waals surface area contributed by atoms with Gasteiger partial charge in [-0.2, -0.15) is 0 Å². The molecule has 0 saturated carbocycles. The van der Waals surface area contributed by atoms with Gasteiger partial charge in [0.2, 0.25) is 0 Å². The van der Waals surface area contributed by atoms with Crippen LogP contribution in [-0.2, 0) is 10.1 Å². The molecule has 1 unspecified atom stereocenters. The molecule has 2 aromatic rings. The van der Waals surface area contributed by atoms with E-state index in [1.165, 1.54) is 64.8 Å². The van der Waals surface area contributed by atoms with Gasteiger partial charge in [0.15, 0.2) is 0 Å². The monoisotopic (exact) mass is 590 g/mol. The van der Waals surface area contributed by atoms with E-state index >= 15 is 0 Å². The Morgan fingerprint density at radius 2 is 1.50 bits per heavy atom. The Morgan fingerprint density at radius 3 is 2.20 bits per heavy atom. The Hall–Kier alpha value is -0.781. The van der Waals surface area contributed by atoms with Crippen molar-refractivity contribution in [3.63, 3.8) is 0 Å². The fourth-order valence-electron chi connectivity index (χ4n) is 3.32. The number of rotatable bonds is 16. The zero-order valence-corrected chi connectivity index (χ0v) is 22.3. The second-order valence-electron chi connectivity index (χ2n) is 7.64. The normalized spacial score (nSPS) is 11.9. The molecule has 30 heavy (non-hydrogen) atoms. The molecule has 0 bridgehead atoms. The van der Waals surface area contributed by atoms with Crippen molar-refractivity contribution in [1.82, 2.24) is 0 Å². The first kappa shape index (κ1) is 25.5. The first-order chi connectivity index (χ1) is 14.8. The molecule has 0 amide bonds. The van der Waals surface area contributed by atoms with Crippen molar-refractivity contribution in [3.8, 4) is 0 Å². The zero-order chi connectivity index (χ0) is 21.3. The molecule has 2 nitrogen and oxygen atoms in total. The van der Waals surface area contributed by atoms with Crippen LogP contribution in [0.5, 0.6) is 0 Å². The van der Waals surface area contributed by atoms with Crippen molar-refractivity contribution in [3.05, 3.63) is 66.2 Å². The SMILES string of the molecule is CCCCCCCC(CCCC[Se]Cc1ccccc1)OC(=O)[Te]c1ccccc1. The summed E-state index contributed by atoms with van der Waals surface area (Å²) < 4.78 is 7.18. The molecule has 0 aliphatic rings. The van der Waals surface area contributed by atoms with Gasteiger partial charge in [0.1, 0.15) is 0 Å². The molecule has 0 aliphatic carbocycles. The fraction of sp³-hybridized carbons (Fsp3) is 0.500. The standard InChI is InChI=1S/C26H36O2SeTe/c1-2-3-4-5-10-17-24(28-26(27)30-25-19-11-7-12-20-25)18-13-14-21-29-22-23-15-8-6-9-16-23/h6-9,11-12,15-16,19-20,24H,2-5,10,13-14,17-18,21-22H2,1H3. The number of unbranched alkanes of at least 4 members (excludes halogenated alkanes) is 5. The van der Waals surface area contributed by atoms with E-state index in [0.717, 1.165) is 12.8 Å². The van der Waals surface area contributed by atoms with Crippen molar-refractivity contribution >= 4 is 43.5 Å². The van der Waals surface area contributed by atoms with E-state index in [9.17, 15) is 4.79 Å². The molecule has 2 aromatic carbocycles. The summed E-state index contributed by atoms with van der Waals surface area (Å²) in [6.45, 7) is 2.25. The number of carbonyl (C=O) groups excluding carboxylic acids is 1. The predicted octanol–water partition coefficient (Wildman–Crippen LogP) is 6.37. The molecule has 4 heteroatoms. The minimum atomic E-state index is -0.903. The van der Waals surface area contributed by atoms with E-state index in [-0.39, 0.29) is 10.1 Å². The van der Waals surface area contributed by atoms with Crippen molar-refractivity contribution in [2.75, 3.05) is 0 Å². The molecular formula is C26H36O2SeTe. The first-order valence-electron chi connectivity index (χ1n) is 11.3. The van der Waals surface area contributed by atoms with Gasteiger partial charge in [0.05, 0.1) is 0 Å². The van der Waals surface area contributed by atoms with Gasteiger partial charge in [-0.3, -0.25) is 0 Å². The van der Waals surface area contributed by atoms with E-state index in [1.807, 2.05) is 18.2 Å². The second-order valence-corrected chi connectivity index (χ2v) is 12.8. The van der Waals surface area contributed by atoms with Crippen LogP contribution in [0, 0.1) is 0 Å². The van der Waals surface area contributed by atoms with E-state index < -0.39 is 20.9 Å². The topological polar surface area (TPSA) is 26.3 Å². The van der Waals surface area contributed by atoms with Gasteiger partial charge in [0, 0.05) is 0 Å². The fourth-order valence-corrected chi connectivity index (χ4v) is 7.29. The maximum atomic E-state index is 12.5. The molecule has 0 aromatic heterocycles. The third-order valence-electron chi connectivity index (χ3n) is 5.01. The van der Waals surface area contributed by atoms with E-state index in [2.05, 4.69) is 49.4 Å². The Bertz CT molecular complexity index is 678. The van der Waals surface area contributed by atoms with E-state index in [4.69, 9.17) is 4.74 Å². The summed E-state index contributed by atoms with van der Waals surface area (Å²) in [4.78, 5) is 12.5. The Kier molecular flexibility index (Phi) is 14.3. The Labute approximate surface area is 199 Å². The predicted molar refractivity (Wildman–Crippen MR) is 130 cm³/mol. The van der Waals surface area contributed by atoms with Crippen molar-refractivity contribution in [2.45, 2.75) is 81.5 Å². The van der Waals surface area contributed by atoms with Crippen LogP contribution < -0.4 is 3.61 Å². The maximum absolute atomic E-state index is 12.5. The van der Waals surface area contributed by atoms with Gasteiger partial charge in [-0.15, -0.1) is 0 Å². The summed E-state index contributed by atoms with van der Waals surface area (Å²) in [5.74, 6) is 0. The Morgan fingerprint density at radius 1 is 0.867 bits per heavy atom. The molecule has 0 saturated heterocycles. The van der Waals surface area contributed by atoms with Gasteiger partial charge in [-0.1, -0.05) is 0 Å². The summed E-state index contributed by atoms with van der Waals surface area (Å²) >= 11 is -0.229. The van der Waals surface area contributed by atoms with Gasteiger partial charge in [-0.25, -0.2) is 0 Å². The number of hydrogen-bond donors (Lipinski definition) is 0. The molecule has 0 fully saturated rings. The van der Waals surface area contributed by atoms with Crippen LogP contribution in [0.15, 0.2) is 60.7 Å². The zero-order valence-electron chi connectivity index (χ0n) is 18.3. The quantitative estimate of drug-likeness (QED) is 0.169. The van der Waals surface area contributed by atoms with Crippen molar-refractivity contribution < 1.29 is 9.53 Å². The molecule has 164 valence electrons. The number of ether oxygens (including phenoxy) is 1. The van der Waals surface area contributed by atoms with Crippen LogP contribution >= 0.6 is 0 Å². The Balaban J connectivity index is 1.68. The first-order valence-corrected chi connectivity index (χ1v) is 16.1. The van der Waals surface area contributed by atoms with Gasteiger partial charge >= 0.3 is 201 Å². The molecule has 1 atom stereocenters. The molecule has 0 heterocycles. The molecule has 0 aliphatic heterocycles. The number of benzene rings is 2. The van der Waals surface area contributed by atoms with Crippen LogP contribution in [0.1, 0.15) is 70.3 Å². The molecule has 0 radical (unpaired) electrons. The van der Waals surface area contributed by atoms with Gasteiger partial charge < -0.3 is 0 Å². The van der Waals surface area contributed by atoms with E-state index in [0.29, 0.717) is 15.0 Å². The minimum absolute atomic E-state index is 0.0541. The van der Waals surface area contributed by atoms with Crippen LogP contribution in [0.3, 0.4) is 0 Å². The summed E-state index contributed by atoms with van der Waals surface area (Å²) in [6.07, 6.45) is 10.9.